The molecule has 3 rings (SSSR count). The molecule has 2 aromatic carbocycles. The molecule has 0 aliphatic carbocycles. The molecule has 0 saturated carbocycles. The lowest BCUT2D eigenvalue weighted by Crippen LogP contribution is -2.42. The molecule has 12 heteroatoms. The first-order valence-corrected chi connectivity index (χ1v) is 12.7. The fourth-order valence-corrected chi connectivity index (χ4v) is 4.94. The van der Waals surface area contributed by atoms with Gasteiger partial charge in [0.2, 0.25) is 17.8 Å². The van der Waals surface area contributed by atoms with Crippen LogP contribution in [0.25, 0.3) is 0 Å². The van der Waals surface area contributed by atoms with Crippen molar-refractivity contribution in [2.45, 2.75) is 63.4 Å². The zero-order valence-electron chi connectivity index (χ0n) is 23.4. The Bertz CT molecular complexity index is 1240. The number of esters is 1. The van der Waals surface area contributed by atoms with Crippen molar-refractivity contribution in [3.8, 4) is 40.6 Å². The molecule has 0 amide bonds. The number of hydrogen-bond acceptors (Lipinski definition) is 11. The Hall–Kier alpha value is -4.40. The normalized spacial score (nSPS) is 15.2. The van der Waals surface area contributed by atoms with Crippen LogP contribution < -0.4 is 28.4 Å². The van der Waals surface area contributed by atoms with Gasteiger partial charge in [-0.3, -0.25) is 14.9 Å². The van der Waals surface area contributed by atoms with Crippen LogP contribution in [0.15, 0.2) is 30.3 Å². The predicted molar refractivity (Wildman–Crippen MR) is 142 cm³/mol. The van der Waals surface area contributed by atoms with Gasteiger partial charge in [-0.15, -0.1) is 0 Å². The summed E-state index contributed by atoms with van der Waals surface area (Å²) in [5.41, 5.74) is -0.763. The molecule has 1 aliphatic heterocycles. The van der Waals surface area contributed by atoms with Crippen molar-refractivity contribution in [1.29, 1.82) is 5.26 Å². The van der Waals surface area contributed by atoms with Crippen LogP contribution in [-0.2, 0) is 14.9 Å². The maximum atomic E-state index is 12.2. The van der Waals surface area contributed by atoms with Crippen LogP contribution in [0.3, 0.4) is 0 Å². The third-order valence-corrected chi connectivity index (χ3v) is 6.99. The Morgan fingerprint density at radius 3 is 2.12 bits per heavy atom. The first-order chi connectivity index (χ1) is 19.2. The Balaban J connectivity index is 1.96. The van der Waals surface area contributed by atoms with Crippen molar-refractivity contribution in [2.75, 3.05) is 28.4 Å². The number of nitriles is 1. The lowest BCUT2D eigenvalue weighted by molar-refractivity contribution is -0.537. The van der Waals surface area contributed by atoms with Gasteiger partial charge < -0.3 is 33.2 Å². The molecule has 0 spiro atoms. The van der Waals surface area contributed by atoms with Gasteiger partial charge in [0.15, 0.2) is 29.1 Å². The second-order valence-corrected chi connectivity index (χ2v) is 9.16. The predicted octanol–water partition coefficient (Wildman–Crippen LogP) is 4.44. The monoisotopic (exact) mass is 558 g/mol. The maximum absolute atomic E-state index is 12.2. The molecule has 2 aromatic rings. The topological polar surface area (TPSA) is 149 Å². The molecular weight excluding hydrogens is 524 g/mol. The molecule has 0 fully saturated rings. The van der Waals surface area contributed by atoms with Crippen molar-refractivity contribution in [3.05, 3.63) is 46.0 Å². The number of benzene rings is 2. The number of ether oxygens (including phenoxy) is 7. The highest BCUT2D eigenvalue weighted by atomic mass is 16.7. The van der Waals surface area contributed by atoms with Gasteiger partial charge in [-0.05, 0) is 37.5 Å². The first kappa shape index (κ1) is 30.1. The summed E-state index contributed by atoms with van der Waals surface area (Å²) < 4.78 is 39.1. The number of carbonyl (C=O) groups excluding carboxylic acids is 1. The molecule has 216 valence electrons. The van der Waals surface area contributed by atoms with E-state index in [0.29, 0.717) is 29.2 Å². The summed E-state index contributed by atoms with van der Waals surface area (Å²) in [6.45, 7) is 3.00. The molecule has 0 N–H and O–H groups in total. The number of rotatable bonds is 14. The third kappa shape index (κ3) is 6.09. The van der Waals surface area contributed by atoms with Gasteiger partial charge in [-0.1, -0.05) is 19.1 Å². The number of nitrogens with zero attached hydrogens (tertiary/aromatic N) is 2. The summed E-state index contributed by atoms with van der Waals surface area (Å²) in [7, 11) is 5.79. The average molecular weight is 559 g/mol. The number of fused-ring (bicyclic) bond motifs is 1. The molecule has 3 unspecified atom stereocenters. The number of carbonyl (C=O) groups is 1. The Labute approximate surface area is 232 Å². The second kappa shape index (κ2) is 13.1. The molecule has 40 heavy (non-hydrogen) atoms. The molecule has 12 nitrogen and oxygen atoms in total. The minimum Gasteiger partial charge on any atom is -0.493 e. The zero-order chi connectivity index (χ0) is 29.4. The van der Waals surface area contributed by atoms with Crippen molar-refractivity contribution >= 4 is 5.97 Å². The van der Waals surface area contributed by atoms with E-state index in [1.165, 1.54) is 35.4 Å². The Kier molecular flexibility index (Phi) is 9.87. The minimum absolute atomic E-state index is 0.00783. The van der Waals surface area contributed by atoms with E-state index in [4.69, 9.17) is 33.2 Å². The van der Waals surface area contributed by atoms with Crippen LogP contribution >= 0.6 is 0 Å². The molecule has 0 saturated heterocycles. The molecule has 0 radical (unpaired) electrons. The lowest BCUT2D eigenvalue weighted by Gasteiger charge is -2.31. The van der Waals surface area contributed by atoms with Crippen LogP contribution in [0.1, 0.15) is 45.1 Å². The number of para-hydroxylation sites is 2. The average Bonchev–Trinajstić information content (AvgIpc) is 3.37. The SMILES string of the molecule is CCC(C#N)(CCC(OC(C)=O)C(CC1Oc2ccccc2O1)[N+](=O)[O-])c1cc(OC)c(OC)c(OC)c1OC. The van der Waals surface area contributed by atoms with E-state index in [1.807, 2.05) is 6.92 Å². The molecule has 0 aromatic heterocycles. The smallest absolute Gasteiger partial charge is 0.303 e. The summed E-state index contributed by atoms with van der Waals surface area (Å²) in [4.78, 5) is 23.7. The number of hydrogen-bond donors (Lipinski definition) is 0. The lowest BCUT2D eigenvalue weighted by atomic mass is 9.74. The van der Waals surface area contributed by atoms with Gasteiger partial charge in [0.1, 0.15) is 0 Å². The largest absolute Gasteiger partial charge is 0.493 e. The summed E-state index contributed by atoms with van der Waals surface area (Å²) in [6, 6.07) is 9.57. The van der Waals surface area contributed by atoms with Crippen LogP contribution in [0.4, 0.5) is 0 Å². The molecule has 1 heterocycles. The van der Waals surface area contributed by atoms with E-state index < -0.39 is 34.7 Å². The summed E-state index contributed by atoms with van der Waals surface area (Å²) in [6.07, 6.45) is -1.91. The number of methoxy groups -OCH3 is 4. The van der Waals surface area contributed by atoms with Gasteiger partial charge >= 0.3 is 5.97 Å². The summed E-state index contributed by atoms with van der Waals surface area (Å²) in [5.74, 6) is 1.38. The first-order valence-electron chi connectivity index (χ1n) is 12.7. The maximum Gasteiger partial charge on any atom is 0.303 e. The van der Waals surface area contributed by atoms with E-state index >= 15 is 0 Å². The van der Waals surface area contributed by atoms with Gasteiger partial charge in [0.05, 0.1) is 46.3 Å². The quantitative estimate of drug-likeness (QED) is 0.184. The van der Waals surface area contributed by atoms with Gasteiger partial charge in [0.25, 0.3) is 6.04 Å². The standard InChI is InChI=1S/C28H34N2O10/c1-7-28(16-29,18-14-23(34-3)26(36-5)27(37-6)25(18)35-4)13-12-20(38-17(2)31)19(30(32)33)15-24-39-21-10-8-9-11-22(21)40-24/h8-11,14,19-20,24H,7,12-13,15H2,1-6H3. The van der Waals surface area contributed by atoms with Gasteiger partial charge in [-0.2, -0.15) is 5.26 Å². The molecule has 0 bridgehead atoms. The van der Waals surface area contributed by atoms with Crippen LogP contribution in [0.5, 0.6) is 34.5 Å². The van der Waals surface area contributed by atoms with E-state index in [9.17, 15) is 20.2 Å². The highest BCUT2D eigenvalue weighted by Crippen LogP contribution is 2.51. The minimum atomic E-state index is -1.36. The van der Waals surface area contributed by atoms with Gasteiger partial charge in [-0.25, -0.2) is 0 Å². The summed E-state index contributed by atoms with van der Waals surface area (Å²) >= 11 is 0. The zero-order valence-corrected chi connectivity index (χ0v) is 23.4. The van der Waals surface area contributed by atoms with E-state index in [0.717, 1.165) is 0 Å². The van der Waals surface area contributed by atoms with Crippen LogP contribution in [-0.4, -0.2) is 57.8 Å². The molecule has 3 atom stereocenters. The second-order valence-electron chi connectivity index (χ2n) is 9.16. The fraction of sp³-hybridized carbons (Fsp3) is 0.500. The van der Waals surface area contributed by atoms with Crippen molar-refractivity contribution in [1.82, 2.24) is 0 Å². The van der Waals surface area contributed by atoms with Crippen molar-refractivity contribution in [3.63, 3.8) is 0 Å². The Morgan fingerprint density at radius 1 is 1.07 bits per heavy atom. The molecular formula is C28H34N2O10. The highest BCUT2D eigenvalue weighted by molar-refractivity contribution is 5.66. The number of nitro groups is 1. The van der Waals surface area contributed by atoms with Crippen molar-refractivity contribution < 1.29 is 42.9 Å². The van der Waals surface area contributed by atoms with E-state index in [1.54, 1.807) is 30.3 Å². The summed E-state index contributed by atoms with van der Waals surface area (Å²) in [5, 5.41) is 22.7. The fourth-order valence-electron chi connectivity index (χ4n) is 4.94. The van der Waals surface area contributed by atoms with Crippen LogP contribution in [0.2, 0.25) is 0 Å². The van der Waals surface area contributed by atoms with E-state index in [2.05, 4.69) is 6.07 Å². The molecule has 1 aliphatic rings. The Morgan fingerprint density at radius 2 is 1.68 bits per heavy atom. The van der Waals surface area contributed by atoms with Gasteiger partial charge in [0, 0.05) is 17.4 Å². The van der Waals surface area contributed by atoms with Crippen LogP contribution in [0, 0.1) is 21.4 Å². The third-order valence-electron chi connectivity index (χ3n) is 6.99. The highest BCUT2D eigenvalue weighted by Gasteiger charge is 2.43. The van der Waals surface area contributed by atoms with E-state index in [-0.39, 0.29) is 36.5 Å². The van der Waals surface area contributed by atoms with Crippen molar-refractivity contribution in [2.24, 2.45) is 0 Å².